The predicted molar refractivity (Wildman–Crippen MR) is 26.0 cm³/mol. The monoisotopic (exact) mass is 131 g/mol. The van der Waals surface area contributed by atoms with Gasteiger partial charge in [-0.2, -0.15) is 4.98 Å². The van der Waals surface area contributed by atoms with E-state index in [0.29, 0.717) is 0 Å². The van der Waals surface area contributed by atoms with Crippen LogP contribution in [0.2, 0.25) is 5.28 Å². The Kier molecular flexibility index (Phi) is 1.34. The minimum Gasteiger partial charge on any atom is -0.195 e. The number of aromatic nitrogens is 4. The van der Waals surface area contributed by atoms with E-state index in [2.05, 4.69) is 15.2 Å². The van der Waals surface area contributed by atoms with Gasteiger partial charge in [0.15, 0.2) is 13.4 Å². The summed E-state index contributed by atoms with van der Waals surface area (Å²) in [6, 6.07) is 0. The highest BCUT2D eigenvalue weighted by atomic mass is 35.5. The van der Waals surface area contributed by atoms with Crippen molar-refractivity contribution in [2.75, 3.05) is 0 Å². The van der Waals surface area contributed by atoms with Crippen molar-refractivity contribution in [2.45, 2.75) is 0 Å². The van der Waals surface area contributed by atoms with Crippen molar-refractivity contribution in [3.8, 4) is 0 Å². The van der Waals surface area contributed by atoms with Crippen LogP contribution in [0.1, 0.15) is 0 Å². The van der Waals surface area contributed by atoms with E-state index >= 15 is 0 Å². The van der Waals surface area contributed by atoms with E-state index in [0.717, 1.165) is 0 Å². The van der Waals surface area contributed by atoms with Gasteiger partial charge in [-0.25, -0.2) is 0 Å². The highest BCUT2D eigenvalue weighted by Gasteiger charge is 1.95. The molecule has 0 bridgehead atoms. The molecule has 5 heteroatoms. The Morgan fingerprint density at radius 2 is 2.50 bits per heavy atom. The van der Waals surface area contributed by atoms with Gasteiger partial charge in [-0.05, 0) is 11.6 Å². The summed E-state index contributed by atoms with van der Waals surface area (Å²) in [6.45, 7) is 0. The second-order valence-corrected chi connectivity index (χ2v) is 1.56. The molecule has 0 fully saturated rings. The lowest BCUT2D eigenvalue weighted by molar-refractivity contribution is -0.787. The molecule has 0 aliphatic carbocycles. The molecule has 0 spiro atoms. The number of halogens is 1. The third kappa shape index (κ3) is 1.10. The Balaban J connectivity index is 3.08. The van der Waals surface area contributed by atoms with Crippen LogP contribution >= 0.6 is 11.6 Å². The summed E-state index contributed by atoms with van der Waals surface area (Å²) >= 11 is 5.36. The summed E-state index contributed by atoms with van der Waals surface area (Å²) in [5.41, 5.74) is 0. The maximum absolute atomic E-state index is 5.36. The standard InChI is InChI=1S/C3H4ClN4/c1-8-6-2-5-3(4)7-8/h2H,1H3/q+1. The van der Waals surface area contributed by atoms with Gasteiger partial charge in [-0.1, -0.05) is 0 Å². The molecule has 1 aromatic heterocycles. The molecule has 0 unspecified atom stereocenters. The van der Waals surface area contributed by atoms with Crippen LogP contribution < -0.4 is 4.80 Å². The van der Waals surface area contributed by atoms with E-state index in [1.165, 1.54) is 11.1 Å². The van der Waals surface area contributed by atoms with E-state index < -0.39 is 0 Å². The van der Waals surface area contributed by atoms with E-state index in [-0.39, 0.29) is 5.28 Å². The molecule has 0 aliphatic heterocycles. The first-order valence-corrected chi connectivity index (χ1v) is 2.38. The van der Waals surface area contributed by atoms with Crippen LogP contribution in [0.4, 0.5) is 0 Å². The lowest BCUT2D eigenvalue weighted by atomic mass is 11.2. The molecular formula is C3H4ClN4+. The number of aryl methyl sites for hydroxylation is 1. The summed E-state index contributed by atoms with van der Waals surface area (Å²) in [5.74, 6) is 0. The summed E-state index contributed by atoms with van der Waals surface area (Å²) in [7, 11) is 1.67. The lowest BCUT2D eigenvalue weighted by Gasteiger charge is -1.77. The molecule has 4 nitrogen and oxygen atoms in total. The SMILES string of the molecule is C[n+]1ncnc(Cl)n1. The number of hydrogen-bond donors (Lipinski definition) is 0. The van der Waals surface area contributed by atoms with Gasteiger partial charge >= 0.3 is 0 Å². The minimum atomic E-state index is 0.211. The summed E-state index contributed by atoms with van der Waals surface area (Å²) in [5, 5.41) is 7.49. The van der Waals surface area contributed by atoms with Gasteiger partial charge in [-0.3, -0.25) is 0 Å². The highest BCUT2D eigenvalue weighted by Crippen LogP contribution is 1.87. The molecule has 0 saturated heterocycles. The van der Waals surface area contributed by atoms with Gasteiger partial charge in [0, 0.05) is 9.90 Å². The van der Waals surface area contributed by atoms with Crippen LogP contribution in [-0.2, 0) is 7.05 Å². The molecule has 1 aromatic rings. The van der Waals surface area contributed by atoms with Crippen LogP contribution in [0.25, 0.3) is 0 Å². The average Bonchev–Trinajstić information content (AvgIpc) is 1.64. The zero-order valence-electron chi connectivity index (χ0n) is 4.24. The smallest absolute Gasteiger partial charge is 0.195 e. The largest absolute Gasteiger partial charge is 0.292 e. The summed E-state index contributed by atoms with van der Waals surface area (Å²) in [6.07, 6.45) is 1.34. The maximum atomic E-state index is 5.36. The van der Waals surface area contributed by atoms with E-state index in [1.807, 2.05) is 0 Å². The second kappa shape index (κ2) is 2.00. The third-order valence-electron chi connectivity index (χ3n) is 0.610. The van der Waals surface area contributed by atoms with E-state index in [4.69, 9.17) is 11.6 Å². The highest BCUT2D eigenvalue weighted by molar-refractivity contribution is 6.28. The topological polar surface area (TPSA) is 42.5 Å². The van der Waals surface area contributed by atoms with Crippen LogP contribution in [0.3, 0.4) is 0 Å². The van der Waals surface area contributed by atoms with Crippen molar-refractivity contribution in [1.29, 1.82) is 0 Å². The van der Waals surface area contributed by atoms with Crippen LogP contribution in [-0.4, -0.2) is 15.2 Å². The molecule has 0 N–H and O–H groups in total. The first-order valence-electron chi connectivity index (χ1n) is 2.00. The van der Waals surface area contributed by atoms with E-state index in [1.54, 1.807) is 7.05 Å². The Labute approximate surface area is 51.1 Å². The summed E-state index contributed by atoms with van der Waals surface area (Å²) < 4.78 is 0. The number of nitrogens with zero attached hydrogens (tertiary/aromatic N) is 4. The maximum Gasteiger partial charge on any atom is 0.292 e. The minimum absolute atomic E-state index is 0.211. The molecule has 0 aliphatic rings. The first kappa shape index (κ1) is 5.37. The van der Waals surface area contributed by atoms with Crippen molar-refractivity contribution < 1.29 is 4.80 Å². The van der Waals surface area contributed by atoms with Crippen molar-refractivity contribution in [1.82, 2.24) is 15.2 Å². The third-order valence-corrected chi connectivity index (χ3v) is 0.783. The zero-order valence-corrected chi connectivity index (χ0v) is 5.00. The van der Waals surface area contributed by atoms with Gasteiger partial charge in [0.1, 0.15) is 0 Å². The molecule has 1 rings (SSSR count). The molecule has 0 amide bonds. The molecule has 42 valence electrons. The Morgan fingerprint density at radius 3 is 2.88 bits per heavy atom. The fourth-order valence-electron chi connectivity index (χ4n) is 0.319. The van der Waals surface area contributed by atoms with Gasteiger partial charge < -0.3 is 0 Å². The van der Waals surface area contributed by atoms with Crippen molar-refractivity contribution in [2.24, 2.45) is 7.05 Å². The fraction of sp³-hybridized carbons (Fsp3) is 0.333. The van der Waals surface area contributed by atoms with E-state index in [9.17, 15) is 0 Å². The van der Waals surface area contributed by atoms with Gasteiger partial charge in [0.25, 0.3) is 5.28 Å². The Bertz CT molecular complexity index is 171. The van der Waals surface area contributed by atoms with Crippen molar-refractivity contribution in [3.63, 3.8) is 0 Å². The number of hydrogen-bond acceptors (Lipinski definition) is 3. The molecule has 0 saturated carbocycles. The molecule has 1 heterocycles. The normalized spacial score (nSPS) is 9.25. The van der Waals surface area contributed by atoms with Gasteiger partial charge in [0.2, 0.25) is 0 Å². The quantitative estimate of drug-likeness (QED) is 0.440. The van der Waals surface area contributed by atoms with Gasteiger partial charge in [-0.15, -0.1) is 0 Å². The van der Waals surface area contributed by atoms with Crippen LogP contribution in [0.15, 0.2) is 6.33 Å². The number of rotatable bonds is 0. The van der Waals surface area contributed by atoms with Crippen molar-refractivity contribution in [3.05, 3.63) is 11.6 Å². The van der Waals surface area contributed by atoms with Crippen LogP contribution in [0.5, 0.6) is 0 Å². The summed E-state index contributed by atoms with van der Waals surface area (Å²) in [4.78, 5) is 4.90. The molecule has 0 atom stereocenters. The molecule has 0 radical (unpaired) electrons. The molecule has 8 heavy (non-hydrogen) atoms. The second-order valence-electron chi connectivity index (χ2n) is 1.22. The Morgan fingerprint density at radius 1 is 1.75 bits per heavy atom. The lowest BCUT2D eigenvalue weighted by Crippen LogP contribution is -2.37. The Hall–Kier alpha value is -0.770. The average molecular weight is 132 g/mol. The first-order chi connectivity index (χ1) is 3.79. The fourth-order valence-corrected chi connectivity index (χ4v) is 0.472. The zero-order chi connectivity index (χ0) is 5.98. The molecule has 0 aromatic carbocycles. The van der Waals surface area contributed by atoms with Crippen LogP contribution in [0, 0.1) is 0 Å². The predicted octanol–water partition coefficient (Wildman–Crippen LogP) is -0.651. The van der Waals surface area contributed by atoms with Gasteiger partial charge in [0.05, 0.1) is 5.10 Å². The van der Waals surface area contributed by atoms with Crippen molar-refractivity contribution >= 4 is 11.6 Å². The molecular weight excluding hydrogens is 128 g/mol.